The van der Waals surface area contributed by atoms with E-state index in [1.807, 2.05) is 12.1 Å². The number of aliphatic carboxylic acids is 1. The van der Waals surface area contributed by atoms with E-state index in [4.69, 9.17) is 0 Å². The van der Waals surface area contributed by atoms with Crippen molar-refractivity contribution in [3.8, 4) is 0 Å². The summed E-state index contributed by atoms with van der Waals surface area (Å²) in [6.45, 7) is 3.81. The molecule has 6 N–H and O–H groups in total. The fourth-order valence-electron chi connectivity index (χ4n) is 6.14. The minimum absolute atomic E-state index is 0. The number of halogens is 2. The number of amides is 2. The lowest BCUT2D eigenvalue weighted by atomic mass is 9.84. The number of piperidine rings is 2. The van der Waals surface area contributed by atoms with Crippen molar-refractivity contribution in [3.05, 3.63) is 42.5 Å². The molecule has 2 amide bonds. The van der Waals surface area contributed by atoms with Crippen molar-refractivity contribution in [2.24, 2.45) is 17.8 Å². The van der Waals surface area contributed by atoms with E-state index >= 15 is 0 Å². The van der Waals surface area contributed by atoms with Crippen LogP contribution in [0.4, 0.5) is 0 Å². The molecule has 0 radical (unpaired) electrons. The van der Waals surface area contributed by atoms with E-state index in [1.54, 1.807) is 18.2 Å². The van der Waals surface area contributed by atoms with Gasteiger partial charge in [0.1, 0.15) is 6.04 Å². The first-order valence-electron chi connectivity index (χ1n) is 15.9. The largest absolute Gasteiger partial charge is 0.480 e. The van der Waals surface area contributed by atoms with Crippen molar-refractivity contribution in [3.63, 3.8) is 0 Å². The number of carbonyl (C=O) groups excluding carboxylic acids is 2. The lowest BCUT2D eigenvalue weighted by Crippen LogP contribution is -2.48. The number of carboxylic acid groups (broad SMARTS) is 1. The maximum atomic E-state index is 13.2. The molecule has 2 aliphatic rings. The molecule has 4 rings (SSSR count). The molecule has 2 fully saturated rings. The van der Waals surface area contributed by atoms with Crippen molar-refractivity contribution in [2.45, 2.75) is 68.7 Å². The van der Waals surface area contributed by atoms with Gasteiger partial charge in [-0.15, -0.1) is 24.8 Å². The second-order valence-corrected chi connectivity index (χ2v) is 13.8. The van der Waals surface area contributed by atoms with Crippen molar-refractivity contribution < 1.29 is 27.9 Å². The highest BCUT2D eigenvalue weighted by atomic mass is 35.5. The topological polar surface area (TPSA) is 166 Å². The van der Waals surface area contributed by atoms with E-state index in [1.165, 1.54) is 12.1 Å². The fourth-order valence-corrected chi connectivity index (χ4v) is 7.36. The number of benzene rings is 2. The van der Waals surface area contributed by atoms with Crippen LogP contribution in [0.15, 0.2) is 47.4 Å². The van der Waals surface area contributed by atoms with Gasteiger partial charge in [0, 0.05) is 25.4 Å². The first-order chi connectivity index (χ1) is 21.2. The van der Waals surface area contributed by atoms with Crippen LogP contribution in [0, 0.1) is 17.8 Å². The van der Waals surface area contributed by atoms with Crippen LogP contribution >= 0.6 is 24.8 Å². The number of hydrogen-bond donors (Lipinski definition) is 6. The van der Waals surface area contributed by atoms with Crippen LogP contribution in [0.2, 0.25) is 0 Å². The second-order valence-electron chi connectivity index (χ2n) is 12.1. The zero-order valence-electron chi connectivity index (χ0n) is 26.2. The Morgan fingerprint density at radius 3 is 1.96 bits per heavy atom. The first-order valence-corrected chi connectivity index (χ1v) is 17.4. The summed E-state index contributed by atoms with van der Waals surface area (Å²) in [7, 11) is -4.16. The van der Waals surface area contributed by atoms with Crippen LogP contribution in [0.25, 0.3) is 10.8 Å². The Morgan fingerprint density at radius 1 is 0.826 bits per heavy atom. The maximum Gasteiger partial charge on any atom is 0.323 e. The first kappa shape index (κ1) is 39.7. The molecule has 1 unspecified atom stereocenters. The molecule has 0 bridgehead atoms. The normalized spacial score (nSPS) is 16.6. The van der Waals surface area contributed by atoms with E-state index in [9.17, 15) is 27.9 Å². The summed E-state index contributed by atoms with van der Waals surface area (Å²) in [5.41, 5.74) is 0. The Hall–Kier alpha value is -2.48. The van der Waals surface area contributed by atoms with Gasteiger partial charge in [0.15, 0.2) is 0 Å². The maximum absolute atomic E-state index is 13.2. The lowest BCUT2D eigenvalue weighted by Gasteiger charge is -2.27. The number of carboxylic acids is 1. The van der Waals surface area contributed by atoms with Crippen LogP contribution in [0.3, 0.4) is 0 Å². The molecule has 0 aromatic heterocycles. The molecule has 2 heterocycles. The van der Waals surface area contributed by atoms with Crippen LogP contribution in [-0.2, 0) is 24.4 Å². The van der Waals surface area contributed by atoms with Crippen molar-refractivity contribution >= 4 is 63.4 Å². The van der Waals surface area contributed by atoms with Gasteiger partial charge in [-0.3, -0.25) is 14.4 Å². The van der Waals surface area contributed by atoms with Gasteiger partial charge in [-0.2, -0.15) is 4.72 Å². The molecule has 0 saturated carbocycles. The summed E-state index contributed by atoms with van der Waals surface area (Å²) in [5, 5.41) is 23.4. The minimum atomic E-state index is -4.16. The Kier molecular flexibility index (Phi) is 17.3. The Labute approximate surface area is 284 Å². The molecule has 0 spiro atoms. The van der Waals surface area contributed by atoms with Gasteiger partial charge in [0.05, 0.1) is 4.90 Å². The molecule has 2 aliphatic heterocycles. The molecule has 2 aromatic rings. The summed E-state index contributed by atoms with van der Waals surface area (Å²) in [4.78, 5) is 37.5. The second kappa shape index (κ2) is 20.0. The highest BCUT2D eigenvalue weighted by Gasteiger charge is 2.27. The third-order valence-electron chi connectivity index (χ3n) is 8.92. The lowest BCUT2D eigenvalue weighted by molar-refractivity contribution is -0.139. The smallest absolute Gasteiger partial charge is 0.323 e. The van der Waals surface area contributed by atoms with E-state index in [-0.39, 0.29) is 54.5 Å². The van der Waals surface area contributed by atoms with Crippen molar-refractivity contribution in [1.82, 2.24) is 26.0 Å². The van der Waals surface area contributed by atoms with Gasteiger partial charge in [-0.25, -0.2) is 8.42 Å². The van der Waals surface area contributed by atoms with E-state index in [0.29, 0.717) is 17.2 Å². The average Bonchev–Trinajstić information content (AvgIpc) is 3.03. The monoisotopic (exact) mass is 701 g/mol. The van der Waals surface area contributed by atoms with E-state index in [2.05, 4.69) is 26.0 Å². The Balaban J connectivity index is 0.00000368. The predicted octanol–water partition coefficient (Wildman–Crippen LogP) is 3.21. The Morgan fingerprint density at radius 2 is 1.39 bits per heavy atom. The van der Waals surface area contributed by atoms with Gasteiger partial charge in [-0.05, 0) is 112 Å². The van der Waals surface area contributed by atoms with Crippen LogP contribution in [-0.4, -0.2) is 76.6 Å². The zero-order chi connectivity index (χ0) is 31.4. The molecule has 46 heavy (non-hydrogen) atoms. The summed E-state index contributed by atoms with van der Waals surface area (Å²) in [5.74, 6) is -0.735. The average molecular weight is 703 g/mol. The molecule has 2 saturated heterocycles. The number of carbonyl (C=O) groups is 3. The van der Waals surface area contributed by atoms with Crippen molar-refractivity contribution in [2.75, 3.05) is 39.3 Å². The van der Waals surface area contributed by atoms with Crippen LogP contribution in [0.5, 0.6) is 0 Å². The summed E-state index contributed by atoms with van der Waals surface area (Å²) in [6.07, 6.45) is 8.24. The summed E-state index contributed by atoms with van der Waals surface area (Å²) in [6, 6.07) is 10.2. The molecule has 0 aliphatic carbocycles. The SMILES string of the molecule is Cl.Cl.O=C(CCNC(=O)C(CCC1CCNCC1)CCC1CCNCC1)NCC(NS(=O)(=O)c1ccc2ccccc2c1)C(=O)O. The number of sulfonamides is 1. The highest BCUT2D eigenvalue weighted by molar-refractivity contribution is 7.89. The predicted molar refractivity (Wildman–Crippen MR) is 184 cm³/mol. The van der Waals surface area contributed by atoms with Gasteiger partial charge >= 0.3 is 5.97 Å². The Bertz CT molecular complexity index is 1350. The quantitative estimate of drug-likeness (QED) is 0.155. The number of fused-ring (bicyclic) bond motifs is 1. The summed E-state index contributed by atoms with van der Waals surface area (Å²) < 4.78 is 28.0. The van der Waals surface area contributed by atoms with Gasteiger partial charge in [0.2, 0.25) is 21.8 Å². The molecule has 14 heteroatoms. The summed E-state index contributed by atoms with van der Waals surface area (Å²) >= 11 is 0. The van der Waals surface area contributed by atoms with Crippen LogP contribution < -0.4 is 26.0 Å². The molecule has 11 nitrogen and oxygen atoms in total. The van der Waals surface area contributed by atoms with E-state index < -0.39 is 34.5 Å². The standard InChI is InChI=1S/C32H47N5O6S.2ClH/c38-30(36-22-29(32(40)41)37-44(42,43)28-10-9-25-3-1-2-4-27(25)21-28)15-20-35-31(39)26(7-5-23-11-16-33-17-12-23)8-6-24-13-18-34-19-14-24;;/h1-4,9-10,21,23-24,26,29,33-34,37H,5-8,11-20,22H2,(H,35,39)(H,36,38)(H,40,41);2*1H. The third-order valence-corrected chi connectivity index (χ3v) is 10.4. The third kappa shape index (κ3) is 12.6. The molecule has 2 aromatic carbocycles. The van der Waals surface area contributed by atoms with Crippen LogP contribution in [0.1, 0.15) is 57.8 Å². The number of nitrogens with one attached hydrogen (secondary N) is 5. The van der Waals surface area contributed by atoms with Gasteiger partial charge in [0.25, 0.3) is 0 Å². The number of hydrogen-bond acceptors (Lipinski definition) is 7. The highest BCUT2D eigenvalue weighted by Crippen LogP contribution is 2.27. The van der Waals surface area contributed by atoms with E-state index in [0.717, 1.165) is 82.9 Å². The molecule has 258 valence electrons. The molecular weight excluding hydrogens is 653 g/mol. The molecule has 1 atom stereocenters. The van der Waals surface area contributed by atoms with Gasteiger partial charge < -0.3 is 26.4 Å². The zero-order valence-corrected chi connectivity index (χ0v) is 28.6. The molecular formula is C32H49Cl2N5O6S. The minimum Gasteiger partial charge on any atom is -0.480 e. The van der Waals surface area contributed by atoms with Gasteiger partial charge in [-0.1, -0.05) is 30.3 Å². The van der Waals surface area contributed by atoms with Crippen molar-refractivity contribution in [1.29, 1.82) is 0 Å². The number of rotatable bonds is 16. The fraction of sp³-hybridized carbons (Fsp3) is 0.594.